The molecular formula is C16H21NO4. The lowest BCUT2D eigenvalue weighted by molar-refractivity contribution is -0.129. The summed E-state index contributed by atoms with van der Waals surface area (Å²) >= 11 is 0. The Morgan fingerprint density at radius 1 is 1.10 bits per heavy atom. The van der Waals surface area contributed by atoms with Crippen LogP contribution in [-0.2, 0) is 19.1 Å². The number of hydrogen-bond donors (Lipinski definition) is 0. The zero-order valence-corrected chi connectivity index (χ0v) is 12.5. The fourth-order valence-electron chi connectivity index (χ4n) is 1.78. The molecule has 0 atom stereocenters. The third-order valence-electron chi connectivity index (χ3n) is 2.91. The molecular weight excluding hydrogens is 270 g/mol. The molecule has 0 radical (unpaired) electrons. The van der Waals surface area contributed by atoms with Crippen LogP contribution in [0.2, 0.25) is 0 Å². The van der Waals surface area contributed by atoms with E-state index < -0.39 is 0 Å². The van der Waals surface area contributed by atoms with Gasteiger partial charge in [-0.15, -0.1) is 0 Å². The fourth-order valence-corrected chi connectivity index (χ4v) is 1.78. The summed E-state index contributed by atoms with van der Waals surface area (Å²) in [6, 6.07) is 9.26. The monoisotopic (exact) mass is 291 g/mol. The Balaban J connectivity index is 2.87. The van der Waals surface area contributed by atoms with Crippen molar-refractivity contribution in [1.82, 2.24) is 4.90 Å². The number of aldehydes is 1. The number of benzene rings is 1. The number of hydrogen-bond acceptors (Lipinski definition) is 4. The van der Waals surface area contributed by atoms with E-state index in [1.54, 1.807) is 25.2 Å². The van der Waals surface area contributed by atoms with Gasteiger partial charge in [0.1, 0.15) is 0 Å². The van der Waals surface area contributed by atoms with Gasteiger partial charge in [0.25, 0.3) is 5.91 Å². The van der Waals surface area contributed by atoms with Crippen LogP contribution in [0.3, 0.4) is 0 Å². The van der Waals surface area contributed by atoms with Crippen LogP contribution in [0.15, 0.2) is 35.9 Å². The highest BCUT2D eigenvalue weighted by Gasteiger charge is 2.17. The van der Waals surface area contributed by atoms with Crippen molar-refractivity contribution in [3.63, 3.8) is 0 Å². The first-order valence-corrected chi connectivity index (χ1v) is 6.72. The molecule has 1 rings (SSSR count). The number of carbonyl (C=O) groups is 2. The van der Waals surface area contributed by atoms with Gasteiger partial charge in [0, 0.05) is 27.3 Å². The van der Waals surface area contributed by atoms with Gasteiger partial charge in [-0.2, -0.15) is 0 Å². The second-order valence-electron chi connectivity index (χ2n) is 4.41. The third-order valence-corrected chi connectivity index (χ3v) is 2.91. The van der Waals surface area contributed by atoms with Gasteiger partial charge in [0.2, 0.25) is 0 Å². The molecule has 1 amide bonds. The van der Waals surface area contributed by atoms with Crippen molar-refractivity contribution in [2.24, 2.45) is 0 Å². The van der Waals surface area contributed by atoms with E-state index in [4.69, 9.17) is 9.47 Å². The van der Waals surface area contributed by atoms with Crippen LogP contribution in [0.25, 0.3) is 6.08 Å². The first kappa shape index (κ1) is 17.1. The molecule has 114 valence electrons. The Hall–Kier alpha value is -1.98. The maximum atomic E-state index is 12.4. The maximum absolute atomic E-state index is 12.4. The molecule has 0 fully saturated rings. The van der Waals surface area contributed by atoms with Gasteiger partial charge in [-0.3, -0.25) is 9.59 Å². The molecule has 0 spiro atoms. The van der Waals surface area contributed by atoms with Gasteiger partial charge in [0.05, 0.1) is 18.8 Å². The molecule has 0 aliphatic rings. The minimum absolute atomic E-state index is 0.119. The predicted octanol–water partition coefficient (Wildman–Crippen LogP) is 1.39. The van der Waals surface area contributed by atoms with E-state index in [-0.39, 0.29) is 11.5 Å². The molecule has 0 saturated heterocycles. The van der Waals surface area contributed by atoms with Gasteiger partial charge in [-0.25, -0.2) is 0 Å². The lowest BCUT2D eigenvalue weighted by Crippen LogP contribution is -2.37. The van der Waals surface area contributed by atoms with Gasteiger partial charge in [-0.05, 0) is 11.6 Å². The normalized spacial score (nSPS) is 11.2. The number of nitrogens with zero attached hydrogens (tertiary/aromatic N) is 1. The number of rotatable bonds is 9. The van der Waals surface area contributed by atoms with Crippen LogP contribution in [0.1, 0.15) is 5.56 Å². The van der Waals surface area contributed by atoms with E-state index in [0.717, 1.165) is 5.56 Å². The molecule has 0 N–H and O–H groups in total. The van der Waals surface area contributed by atoms with Crippen LogP contribution in [0.5, 0.6) is 0 Å². The molecule has 0 aliphatic carbocycles. The zero-order chi connectivity index (χ0) is 15.5. The topological polar surface area (TPSA) is 55.8 Å². The minimum Gasteiger partial charge on any atom is -0.383 e. The first-order chi connectivity index (χ1) is 10.2. The van der Waals surface area contributed by atoms with Gasteiger partial charge in [0.15, 0.2) is 6.29 Å². The summed E-state index contributed by atoms with van der Waals surface area (Å²) < 4.78 is 9.98. The van der Waals surface area contributed by atoms with Crippen molar-refractivity contribution < 1.29 is 19.1 Å². The summed E-state index contributed by atoms with van der Waals surface area (Å²) in [7, 11) is 3.14. The number of ether oxygens (including phenoxy) is 2. The van der Waals surface area contributed by atoms with Crippen molar-refractivity contribution in [1.29, 1.82) is 0 Å². The summed E-state index contributed by atoms with van der Waals surface area (Å²) in [4.78, 5) is 25.2. The molecule has 0 aromatic heterocycles. The quantitative estimate of drug-likeness (QED) is 0.299. The van der Waals surface area contributed by atoms with Crippen LogP contribution >= 0.6 is 0 Å². The van der Waals surface area contributed by atoms with E-state index in [0.29, 0.717) is 32.6 Å². The second kappa shape index (κ2) is 9.85. The second-order valence-corrected chi connectivity index (χ2v) is 4.41. The van der Waals surface area contributed by atoms with E-state index in [2.05, 4.69) is 0 Å². The van der Waals surface area contributed by atoms with E-state index in [9.17, 15) is 9.59 Å². The van der Waals surface area contributed by atoms with Crippen LogP contribution in [-0.4, -0.2) is 57.6 Å². The summed E-state index contributed by atoms with van der Waals surface area (Å²) in [5.41, 5.74) is 0.930. The van der Waals surface area contributed by atoms with Crippen LogP contribution < -0.4 is 0 Å². The van der Waals surface area contributed by atoms with Crippen LogP contribution in [0.4, 0.5) is 0 Å². The van der Waals surface area contributed by atoms with Crippen molar-refractivity contribution in [3.05, 3.63) is 41.5 Å². The Bertz CT molecular complexity index is 462. The molecule has 0 unspecified atom stereocenters. The van der Waals surface area contributed by atoms with E-state index in [1.165, 1.54) is 0 Å². The smallest absolute Gasteiger partial charge is 0.257 e. The predicted molar refractivity (Wildman–Crippen MR) is 80.8 cm³/mol. The molecule has 1 aromatic carbocycles. The standard InChI is InChI=1S/C16H21NO4/c1-20-10-8-17(9-11-21-2)16(19)15(13-18)12-14-6-4-3-5-7-14/h3-7,12-13H,8-11H2,1-2H3. The summed E-state index contributed by atoms with van der Waals surface area (Å²) in [5, 5.41) is 0. The molecule has 0 heterocycles. The van der Waals surface area contributed by atoms with Crippen molar-refractivity contribution in [2.75, 3.05) is 40.5 Å². The molecule has 21 heavy (non-hydrogen) atoms. The zero-order valence-electron chi connectivity index (χ0n) is 12.5. The molecule has 0 bridgehead atoms. The highest BCUT2D eigenvalue weighted by atomic mass is 16.5. The van der Waals surface area contributed by atoms with Crippen LogP contribution in [0, 0.1) is 0 Å². The summed E-state index contributed by atoms with van der Waals surface area (Å²) in [6.07, 6.45) is 2.17. The highest BCUT2D eigenvalue weighted by Crippen LogP contribution is 2.08. The lowest BCUT2D eigenvalue weighted by atomic mass is 10.1. The third kappa shape index (κ3) is 5.89. The number of amides is 1. The maximum Gasteiger partial charge on any atom is 0.257 e. The average molecular weight is 291 g/mol. The molecule has 0 aliphatic heterocycles. The molecule has 1 aromatic rings. The Morgan fingerprint density at radius 3 is 2.14 bits per heavy atom. The Morgan fingerprint density at radius 2 is 1.67 bits per heavy atom. The first-order valence-electron chi connectivity index (χ1n) is 6.72. The molecule has 0 saturated carbocycles. The summed E-state index contributed by atoms with van der Waals surface area (Å²) in [6.45, 7) is 1.65. The highest BCUT2D eigenvalue weighted by molar-refractivity contribution is 6.14. The van der Waals surface area contributed by atoms with Crippen molar-refractivity contribution in [3.8, 4) is 0 Å². The largest absolute Gasteiger partial charge is 0.383 e. The summed E-state index contributed by atoms with van der Waals surface area (Å²) in [5.74, 6) is -0.317. The Kier molecular flexibility index (Phi) is 8.01. The van der Waals surface area contributed by atoms with E-state index in [1.807, 2.05) is 30.3 Å². The number of methoxy groups -OCH3 is 2. The van der Waals surface area contributed by atoms with Gasteiger partial charge >= 0.3 is 0 Å². The lowest BCUT2D eigenvalue weighted by Gasteiger charge is -2.22. The van der Waals surface area contributed by atoms with Gasteiger partial charge in [-0.1, -0.05) is 30.3 Å². The fraction of sp³-hybridized carbons (Fsp3) is 0.375. The van der Waals surface area contributed by atoms with E-state index >= 15 is 0 Å². The molecule has 5 nitrogen and oxygen atoms in total. The Labute approximate surface area is 125 Å². The van der Waals surface area contributed by atoms with Crippen molar-refractivity contribution >= 4 is 18.3 Å². The SMILES string of the molecule is COCCN(CCOC)C(=O)C(C=O)=Cc1ccccc1. The average Bonchev–Trinajstić information content (AvgIpc) is 2.53. The minimum atomic E-state index is -0.317. The van der Waals surface area contributed by atoms with Crippen molar-refractivity contribution in [2.45, 2.75) is 0 Å². The number of carbonyl (C=O) groups excluding carboxylic acids is 2. The molecule has 5 heteroatoms. The van der Waals surface area contributed by atoms with Gasteiger partial charge < -0.3 is 14.4 Å².